The van der Waals surface area contributed by atoms with Crippen LogP contribution in [-0.4, -0.2) is 15.1 Å². The van der Waals surface area contributed by atoms with Crippen molar-refractivity contribution in [3.63, 3.8) is 0 Å². The highest BCUT2D eigenvalue weighted by molar-refractivity contribution is 5.87. The van der Waals surface area contributed by atoms with Crippen LogP contribution in [0, 0.1) is 17.0 Å². The molecule has 3 rings (SSSR count). The number of aryl methyl sites for hydroxylation is 1. The van der Waals surface area contributed by atoms with Crippen LogP contribution in [0.15, 0.2) is 60.7 Å². The third-order valence-corrected chi connectivity index (χ3v) is 3.09. The lowest BCUT2D eigenvalue weighted by Gasteiger charge is -1.97. The van der Waals surface area contributed by atoms with Crippen molar-refractivity contribution in [3.8, 4) is 11.5 Å². The average molecular weight is 297 g/mol. The van der Waals surface area contributed by atoms with Gasteiger partial charge in [0.15, 0.2) is 5.75 Å². The Bertz CT molecular complexity index is 809. The first-order chi connectivity index (χ1) is 10.5. The molecule has 112 valence electrons. The van der Waals surface area contributed by atoms with Gasteiger partial charge in [0, 0.05) is 11.5 Å². The molecule has 5 nitrogen and oxygen atoms in total. The zero-order chi connectivity index (χ0) is 16.1. The van der Waals surface area contributed by atoms with Crippen molar-refractivity contribution >= 4 is 16.5 Å². The van der Waals surface area contributed by atoms with E-state index >= 15 is 0 Å². The SMILES string of the molecule is Cc1ccc(O)c([N+](=O)[O-])c1.Oc1cccc2ccccc12. The highest BCUT2D eigenvalue weighted by Gasteiger charge is 2.11. The summed E-state index contributed by atoms with van der Waals surface area (Å²) in [7, 11) is 0. The van der Waals surface area contributed by atoms with Crippen molar-refractivity contribution in [2.45, 2.75) is 6.92 Å². The van der Waals surface area contributed by atoms with Crippen LogP contribution in [0.5, 0.6) is 11.5 Å². The van der Waals surface area contributed by atoms with E-state index in [1.807, 2.05) is 36.4 Å². The fraction of sp³-hybridized carbons (Fsp3) is 0.0588. The van der Waals surface area contributed by atoms with Crippen LogP contribution in [0.2, 0.25) is 0 Å². The van der Waals surface area contributed by atoms with Crippen LogP contribution in [0.25, 0.3) is 10.8 Å². The first-order valence-electron chi connectivity index (χ1n) is 6.60. The summed E-state index contributed by atoms with van der Waals surface area (Å²) in [6.07, 6.45) is 0. The monoisotopic (exact) mass is 297 g/mol. The number of rotatable bonds is 1. The van der Waals surface area contributed by atoms with Crippen molar-refractivity contribution < 1.29 is 15.1 Å². The van der Waals surface area contributed by atoms with Crippen LogP contribution in [0.1, 0.15) is 5.56 Å². The molecule has 0 saturated heterocycles. The van der Waals surface area contributed by atoms with Crippen LogP contribution >= 0.6 is 0 Å². The molecule has 0 amide bonds. The van der Waals surface area contributed by atoms with E-state index in [1.54, 1.807) is 19.1 Å². The summed E-state index contributed by atoms with van der Waals surface area (Å²) >= 11 is 0. The van der Waals surface area contributed by atoms with Crippen molar-refractivity contribution in [3.05, 3.63) is 76.3 Å². The molecule has 0 atom stereocenters. The van der Waals surface area contributed by atoms with E-state index in [0.717, 1.165) is 16.3 Å². The highest BCUT2D eigenvalue weighted by Crippen LogP contribution is 2.25. The lowest BCUT2D eigenvalue weighted by molar-refractivity contribution is -0.385. The second-order valence-corrected chi connectivity index (χ2v) is 4.75. The molecule has 0 unspecified atom stereocenters. The number of nitro benzene ring substituents is 1. The normalized spacial score (nSPS) is 9.86. The van der Waals surface area contributed by atoms with Gasteiger partial charge in [-0.1, -0.05) is 42.5 Å². The standard InChI is InChI=1S/C10H8O.C7H7NO3/c11-10-7-3-5-8-4-1-2-6-9(8)10;1-5-2-3-7(9)6(4-5)8(10)11/h1-7,11H;2-4,9H,1H3. The molecule has 3 aromatic rings. The predicted molar refractivity (Wildman–Crippen MR) is 85.1 cm³/mol. The summed E-state index contributed by atoms with van der Waals surface area (Å²) in [5.74, 6) is 0.0590. The van der Waals surface area contributed by atoms with Crippen LogP contribution in [0.3, 0.4) is 0 Å². The molecule has 0 saturated carbocycles. The Morgan fingerprint density at radius 3 is 2.23 bits per heavy atom. The molecular weight excluding hydrogens is 282 g/mol. The molecule has 0 spiro atoms. The van der Waals surface area contributed by atoms with Gasteiger partial charge < -0.3 is 10.2 Å². The van der Waals surface area contributed by atoms with Gasteiger partial charge in [-0.25, -0.2) is 0 Å². The maximum Gasteiger partial charge on any atom is 0.310 e. The number of aromatic hydroxyl groups is 2. The minimum atomic E-state index is -0.609. The number of benzene rings is 3. The van der Waals surface area contributed by atoms with E-state index in [9.17, 15) is 15.2 Å². The van der Waals surface area contributed by atoms with E-state index in [4.69, 9.17) is 5.11 Å². The quantitative estimate of drug-likeness (QED) is 0.522. The zero-order valence-corrected chi connectivity index (χ0v) is 11.9. The van der Waals surface area contributed by atoms with Gasteiger partial charge in [-0.05, 0) is 30.0 Å². The molecule has 0 heterocycles. The van der Waals surface area contributed by atoms with Gasteiger partial charge >= 0.3 is 5.69 Å². The fourth-order valence-corrected chi connectivity index (χ4v) is 1.99. The zero-order valence-electron chi connectivity index (χ0n) is 11.9. The molecular formula is C17H15NO4. The smallest absolute Gasteiger partial charge is 0.310 e. The van der Waals surface area contributed by atoms with Crippen molar-refractivity contribution in [2.75, 3.05) is 0 Å². The molecule has 0 radical (unpaired) electrons. The second kappa shape index (κ2) is 6.58. The van der Waals surface area contributed by atoms with Crippen LogP contribution < -0.4 is 0 Å². The Morgan fingerprint density at radius 2 is 1.59 bits per heavy atom. The second-order valence-electron chi connectivity index (χ2n) is 4.75. The third kappa shape index (κ3) is 3.52. The number of nitro groups is 1. The number of hydrogen-bond acceptors (Lipinski definition) is 4. The van der Waals surface area contributed by atoms with E-state index in [1.165, 1.54) is 12.1 Å². The van der Waals surface area contributed by atoms with Crippen LogP contribution in [0.4, 0.5) is 5.69 Å². The molecule has 0 aliphatic carbocycles. The van der Waals surface area contributed by atoms with E-state index in [2.05, 4.69) is 0 Å². The number of nitrogens with zero attached hydrogens (tertiary/aromatic N) is 1. The van der Waals surface area contributed by atoms with Gasteiger partial charge in [-0.15, -0.1) is 0 Å². The molecule has 0 aliphatic rings. The average Bonchev–Trinajstić information content (AvgIpc) is 2.51. The van der Waals surface area contributed by atoms with E-state index < -0.39 is 4.92 Å². The summed E-state index contributed by atoms with van der Waals surface area (Å²) in [6, 6.07) is 17.5. The Kier molecular flexibility index (Phi) is 4.58. The fourth-order valence-electron chi connectivity index (χ4n) is 1.99. The Labute approximate surface area is 127 Å². The van der Waals surface area contributed by atoms with Gasteiger partial charge in [-0.2, -0.15) is 0 Å². The Morgan fingerprint density at radius 1 is 0.909 bits per heavy atom. The summed E-state index contributed by atoms with van der Waals surface area (Å²) < 4.78 is 0. The predicted octanol–water partition coefficient (Wildman–Crippen LogP) is 4.15. The Hall–Kier alpha value is -3.08. The number of phenols is 2. The summed E-state index contributed by atoms with van der Waals surface area (Å²) in [5, 5.41) is 30.5. The molecule has 0 aliphatic heterocycles. The summed E-state index contributed by atoms with van der Waals surface area (Å²) in [5.41, 5.74) is 0.513. The molecule has 2 N–H and O–H groups in total. The lowest BCUT2D eigenvalue weighted by atomic mass is 10.1. The number of fused-ring (bicyclic) bond motifs is 1. The van der Waals surface area contributed by atoms with Gasteiger partial charge in [0.05, 0.1) is 4.92 Å². The van der Waals surface area contributed by atoms with Gasteiger partial charge in [0.25, 0.3) is 0 Å². The molecule has 22 heavy (non-hydrogen) atoms. The van der Waals surface area contributed by atoms with Gasteiger partial charge in [0.1, 0.15) is 5.75 Å². The van der Waals surface area contributed by atoms with Crippen molar-refractivity contribution in [2.24, 2.45) is 0 Å². The molecule has 0 fully saturated rings. The number of phenolic OH excluding ortho intramolecular Hbond substituents is 2. The molecule has 5 heteroatoms. The largest absolute Gasteiger partial charge is 0.507 e. The first-order valence-corrected chi connectivity index (χ1v) is 6.60. The topological polar surface area (TPSA) is 83.6 Å². The first kappa shape index (κ1) is 15.3. The van der Waals surface area contributed by atoms with E-state index in [0.29, 0.717) is 5.75 Å². The van der Waals surface area contributed by atoms with E-state index in [-0.39, 0.29) is 11.4 Å². The van der Waals surface area contributed by atoms with Gasteiger partial charge in [0.2, 0.25) is 0 Å². The minimum Gasteiger partial charge on any atom is -0.507 e. The van der Waals surface area contributed by atoms with Gasteiger partial charge in [-0.3, -0.25) is 10.1 Å². The maximum atomic E-state index is 10.2. The molecule has 0 bridgehead atoms. The Balaban J connectivity index is 0.000000160. The number of hydrogen-bond donors (Lipinski definition) is 2. The van der Waals surface area contributed by atoms with Crippen molar-refractivity contribution in [1.82, 2.24) is 0 Å². The molecule has 0 aromatic heterocycles. The van der Waals surface area contributed by atoms with Crippen molar-refractivity contribution in [1.29, 1.82) is 0 Å². The lowest BCUT2D eigenvalue weighted by Crippen LogP contribution is -1.88. The molecule has 3 aromatic carbocycles. The summed E-state index contributed by atoms with van der Waals surface area (Å²) in [6.45, 7) is 1.73. The highest BCUT2D eigenvalue weighted by atomic mass is 16.6. The minimum absolute atomic E-state index is 0.245. The maximum absolute atomic E-state index is 10.2. The third-order valence-electron chi connectivity index (χ3n) is 3.09. The summed E-state index contributed by atoms with van der Waals surface area (Å²) in [4.78, 5) is 9.61. The van der Waals surface area contributed by atoms with Crippen LogP contribution in [-0.2, 0) is 0 Å².